The van der Waals surface area contributed by atoms with Crippen molar-refractivity contribution >= 4 is 27.2 Å². The molecule has 1 aromatic heterocycles. The third kappa shape index (κ3) is 2.33. The monoisotopic (exact) mass is 267 g/mol. The minimum absolute atomic E-state index is 0.161. The van der Waals surface area contributed by atoms with Gasteiger partial charge in [-0.2, -0.15) is 0 Å². The van der Waals surface area contributed by atoms with Gasteiger partial charge in [0.2, 0.25) is 0 Å². The number of halogens is 2. The number of aromatic nitrogens is 1. The molecule has 0 bridgehead atoms. The SMILES string of the molecule is C=C(/C=C\NC)Nc1c(F)cc2scnc2c1F. The molecule has 0 aliphatic heterocycles. The molecule has 1 heterocycles. The quantitative estimate of drug-likeness (QED) is 0.835. The molecule has 2 rings (SSSR count). The van der Waals surface area contributed by atoms with Gasteiger partial charge in [-0.25, -0.2) is 13.8 Å². The average Bonchev–Trinajstić information content (AvgIpc) is 2.80. The maximum atomic E-state index is 14.0. The predicted octanol–water partition coefficient (Wildman–Crippen LogP) is 3.23. The van der Waals surface area contributed by atoms with Crippen LogP contribution in [0, 0.1) is 11.6 Å². The molecule has 0 aliphatic carbocycles. The Morgan fingerprint density at radius 3 is 3.00 bits per heavy atom. The Hall–Kier alpha value is -1.95. The van der Waals surface area contributed by atoms with E-state index < -0.39 is 11.6 Å². The van der Waals surface area contributed by atoms with Gasteiger partial charge in [0.15, 0.2) is 11.6 Å². The average molecular weight is 267 g/mol. The number of benzene rings is 1. The topological polar surface area (TPSA) is 37.0 Å². The summed E-state index contributed by atoms with van der Waals surface area (Å²) in [5, 5.41) is 5.35. The van der Waals surface area contributed by atoms with Crippen LogP contribution in [0.25, 0.3) is 10.2 Å². The van der Waals surface area contributed by atoms with Crippen molar-refractivity contribution in [2.45, 2.75) is 0 Å². The molecule has 1 aromatic carbocycles. The second kappa shape index (κ2) is 5.14. The zero-order valence-corrected chi connectivity index (χ0v) is 10.4. The predicted molar refractivity (Wildman–Crippen MR) is 70.5 cm³/mol. The lowest BCUT2D eigenvalue weighted by Gasteiger charge is -2.08. The normalized spacial score (nSPS) is 11.1. The maximum absolute atomic E-state index is 14.0. The fraction of sp³-hybridized carbons (Fsp3) is 0.0833. The van der Waals surface area contributed by atoms with E-state index in [2.05, 4.69) is 22.2 Å². The van der Waals surface area contributed by atoms with Gasteiger partial charge in [0.1, 0.15) is 11.2 Å². The van der Waals surface area contributed by atoms with Crippen molar-refractivity contribution in [3.63, 3.8) is 0 Å². The van der Waals surface area contributed by atoms with Crippen molar-refractivity contribution < 1.29 is 8.78 Å². The largest absolute Gasteiger partial charge is 0.394 e. The van der Waals surface area contributed by atoms with Gasteiger partial charge in [-0.3, -0.25) is 0 Å². The van der Waals surface area contributed by atoms with Crippen LogP contribution in [0.3, 0.4) is 0 Å². The van der Waals surface area contributed by atoms with Crippen molar-refractivity contribution in [3.8, 4) is 0 Å². The lowest BCUT2D eigenvalue weighted by atomic mass is 10.2. The third-order valence-corrected chi connectivity index (χ3v) is 3.03. The Morgan fingerprint density at radius 2 is 2.28 bits per heavy atom. The molecule has 0 aliphatic rings. The lowest BCUT2D eigenvalue weighted by molar-refractivity contribution is 0.598. The molecule has 6 heteroatoms. The molecule has 94 valence electrons. The molecule has 0 amide bonds. The van der Waals surface area contributed by atoms with Gasteiger partial charge in [-0.05, 0) is 18.3 Å². The minimum atomic E-state index is -0.703. The standard InChI is InChI=1S/C12H11F2N3S/c1-7(3-4-15-2)17-11-8(13)5-9-12(10(11)14)16-6-18-9/h3-6,15,17H,1H2,2H3/b4-3-. The van der Waals surface area contributed by atoms with Gasteiger partial charge in [0, 0.05) is 12.7 Å². The van der Waals surface area contributed by atoms with Crippen molar-refractivity contribution in [1.29, 1.82) is 0 Å². The van der Waals surface area contributed by atoms with Crippen LogP contribution in [0.15, 0.2) is 36.1 Å². The second-order valence-electron chi connectivity index (χ2n) is 3.52. The first-order valence-electron chi connectivity index (χ1n) is 5.14. The number of anilines is 1. The summed E-state index contributed by atoms with van der Waals surface area (Å²) in [5.74, 6) is -1.37. The lowest BCUT2D eigenvalue weighted by Crippen LogP contribution is -2.03. The highest BCUT2D eigenvalue weighted by Crippen LogP contribution is 2.29. The molecular formula is C12H11F2N3S. The summed E-state index contributed by atoms with van der Waals surface area (Å²) < 4.78 is 28.2. The highest BCUT2D eigenvalue weighted by atomic mass is 32.1. The Labute approximate surface area is 107 Å². The number of hydrogen-bond acceptors (Lipinski definition) is 4. The number of hydrogen-bond donors (Lipinski definition) is 2. The first-order valence-corrected chi connectivity index (χ1v) is 6.02. The highest BCUT2D eigenvalue weighted by molar-refractivity contribution is 7.16. The fourth-order valence-corrected chi connectivity index (χ4v) is 2.13. The molecule has 18 heavy (non-hydrogen) atoms. The molecule has 0 radical (unpaired) electrons. The summed E-state index contributed by atoms with van der Waals surface area (Å²) in [5.41, 5.74) is 1.78. The van der Waals surface area contributed by atoms with E-state index >= 15 is 0 Å². The van der Waals surface area contributed by atoms with Crippen LogP contribution in [0.5, 0.6) is 0 Å². The zero-order chi connectivity index (χ0) is 13.1. The van der Waals surface area contributed by atoms with Gasteiger partial charge in [-0.15, -0.1) is 11.3 Å². The van der Waals surface area contributed by atoms with E-state index in [1.807, 2.05) is 0 Å². The van der Waals surface area contributed by atoms with E-state index in [0.717, 1.165) is 0 Å². The number of thiazole rings is 1. The van der Waals surface area contributed by atoms with E-state index in [9.17, 15) is 8.78 Å². The summed E-state index contributed by atoms with van der Waals surface area (Å²) in [4.78, 5) is 3.87. The summed E-state index contributed by atoms with van der Waals surface area (Å²) in [6.07, 6.45) is 3.18. The summed E-state index contributed by atoms with van der Waals surface area (Å²) in [6.45, 7) is 3.65. The molecule has 0 saturated heterocycles. The van der Waals surface area contributed by atoms with Crippen LogP contribution in [0.2, 0.25) is 0 Å². The van der Waals surface area contributed by atoms with E-state index in [-0.39, 0.29) is 11.2 Å². The van der Waals surface area contributed by atoms with Crippen LogP contribution in [-0.4, -0.2) is 12.0 Å². The van der Waals surface area contributed by atoms with Gasteiger partial charge >= 0.3 is 0 Å². The molecule has 2 aromatic rings. The number of rotatable bonds is 4. The van der Waals surface area contributed by atoms with Crippen molar-refractivity contribution in [3.05, 3.63) is 47.8 Å². The molecule has 0 atom stereocenters. The highest BCUT2D eigenvalue weighted by Gasteiger charge is 2.15. The molecule has 2 N–H and O–H groups in total. The fourth-order valence-electron chi connectivity index (χ4n) is 1.43. The van der Waals surface area contributed by atoms with Gasteiger partial charge in [0.25, 0.3) is 0 Å². The Kier molecular flexibility index (Phi) is 3.57. The van der Waals surface area contributed by atoms with Crippen molar-refractivity contribution in [1.82, 2.24) is 10.3 Å². The first kappa shape index (κ1) is 12.5. The van der Waals surface area contributed by atoms with E-state index in [4.69, 9.17) is 0 Å². The van der Waals surface area contributed by atoms with Crippen LogP contribution >= 0.6 is 11.3 Å². The summed E-state index contributed by atoms with van der Waals surface area (Å²) in [7, 11) is 1.71. The van der Waals surface area contributed by atoms with Crippen LogP contribution < -0.4 is 10.6 Å². The van der Waals surface area contributed by atoms with Crippen molar-refractivity contribution in [2.24, 2.45) is 0 Å². The number of nitrogens with zero attached hydrogens (tertiary/aromatic N) is 1. The number of fused-ring (bicyclic) bond motifs is 1. The van der Waals surface area contributed by atoms with Gasteiger partial charge in [0.05, 0.1) is 10.2 Å². The number of allylic oxidation sites excluding steroid dienone is 1. The van der Waals surface area contributed by atoms with E-state index in [1.165, 1.54) is 22.9 Å². The van der Waals surface area contributed by atoms with Gasteiger partial charge in [-0.1, -0.05) is 6.58 Å². The summed E-state index contributed by atoms with van der Waals surface area (Å²) >= 11 is 1.19. The van der Waals surface area contributed by atoms with Crippen molar-refractivity contribution in [2.75, 3.05) is 12.4 Å². The second-order valence-corrected chi connectivity index (χ2v) is 4.41. The molecule has 3 nitrogen and oxygen atoms in total. The minimum Gasteiger partial charge on any atom is -0.394 e. The van der Waals surface area contributed by atoms with E-state index in [0.29, 0.717) is 10.4 Å². The Morgan fingerprint density at radius 1 is 1.50 bits per heavy atom. The van der Waals surface area contributed by atoms with Gasteiger partial charge < -0.3 is 10.6 Å². The van der Waals surface area contributed by atoms with E-state index in [1.54, 1.807) is 19.3 Å². The molecular weight excluding hydrogens is 256 g/mol. The number of nitrogens with one attached hydrogen (secondary N) is 2. The van der Waals surface area contributed by atoms with Crippen LogP contribution in [-0.2, 0) is 0 Å². The molecule has 0 saturated carbocycles. The van der Waals surface area contributed by atoms with Crippen LogP contribution in [0.4, 0.5) is 14.5 Å². The molecule has 0 spiro atoms. The Balaban J connectivity index is 2.38. The maximum Gasteiger partial charge on any atom is 0.176 e. The first-order chi connectivity index (χ1) is 8.63. The zero-order valence-electron chi connectivity index (χ0n) is 9.63. The third-order valence-electron chi connectivity index (χ3n) is 2.26. The van der Waals surface area contributed by atoms with Crippen LogP contribution in [0.1, 0.15) is 0 Å². The molecule has 0 unspecified atom stereocenters. The Bertz CT molecular complexity index is 619. The molecule has 0 fully saturated rings. The smallest absolute Gasteiger partial charge is 0.176 e. The summed E-state index contributed by atoms with van der Waals surface area (Å²) in [6, 6.07) is 1.26.